The van der Waals surface area contributed by atoms with Crippen LogP contribution in [0.5, 0.6) is 0 Å². The van der Waals surface area contributed by atoms with Gasteiger partial charge in [0.1, 0.15) is 11.6 Å². The first-order chi connectivity index (χ1) is 10.4. The highest BCUT2D eigenvalue weighted by molar-refractivity contribution is 7.99. The van der Waals surface area contributed by atoms with Gasteiger partial charge in [-0.25, -0.2) is 9.37 Å². The van der Waals surface area contributed by atoms with Gasteiger partial charge in [-0.3, -0.25) is 9.89 Å². The fraction of sp³-hybridized carbons (Fsp3) is 0.357. The van der Waals surface area contributed by atoms with E-state index >= 15 is 0 Å². The number of nitrogens with one attached hydrogen (secondary N) is 3. The molecule has 0 unspecified atom stereocenters. The Labute approximate surface area is 132 Å². The first-order valence-electron chi connectivity index (χ1n) is 6.82. The fourth-order valence-corrected chi connectivity index (χ4v) is 2.40. The van der Waals surface area contributed by atoms with Crippen molar-refractivity contribution in [1.29, 1.82) is 0 Å². The summed E-state index contributed by atoms with van der Waals surface area (Å²) < 4.78 is 13.3. The summed E-state index contributed by atoms with van der Waals surface area (Å²) in [5, 5.41) is 13.1. The molecule has 0 fully saturated rings. The van der Waals surface area contributed by atoms with E-state index in [0.717, 1.165) is 0 Å². The zero-order chi connectivity index (χ0) is 16.1. The van der Waals surface area contributed by atoms with Crippen molar-refractivity contribution in [1.82, 2.24) is 15.2 Å². The Morgan fingerprint density at radius 2 is 2.18 bits per heavy atom. The Morgan fingerprint density at radius 3 is 2.82 bits per heavy atom. The molecule has 118 valence electrons. The summed E-state index contributed by atoms with van der Waals surface area (Å²) in [5.74, 6) is 0.318. The lowest BCUT2D eigenvalue weighted by atomic mass is 10.2. The number of carbonyl (C=O) groups is 1. The maximum Gasteiger partial charge on any atom is 0.234 e. The smallest absolute Gasteiger partial charge is 0.234 e. The van der Waals surface area contributed by atoms with Gasteiger partial charge < -0.3 is 10.6 Å². The van der Waals surface area contributed by atoms with Gasteiger partial charge in [-0.2, -0.15) is 0 Å². The van der Waals surface area contributed by atoms with Crippen LogP contribution in [0.25, 0.3) is 0 Å². The topological polar surface area (TPSA) is 82.7 Å². The molecule has 0 aliphatic carbocycles. The SMILES string of the molecule is Cc1nc(SCC(=O)Nc2ccc(F)cc2NC(C)C)n[nH]1. The van der Waals surface area contributed by atoms with Crippen molar-refractivity contribution in [3.63, 3.8) is 0 Å². The number of rotatable bonds is 6. The quantitative estimate of drug-likeness (QED) is 0.712. The van der Waals surface area contributed by atoms with E-state index in [0.29, 0.717) is 22.4 Å². The van der Waals surface area contributed by atoms with Gasteiger partial charge >= 0.3 is 0 Å². The molecule has 0 radical (unpaired) electrons. The van der Waals surface area contributed by atoms with E-state index in [4.69, 9.17) is 0 Å². The van der Waals surface area contributed by atoms with Crippen LogP contribution < -0.4 is 10.6 Å². The van der Waals surface area contributed by atoms with Gasteiger partial charge in [-0.05, 0) is 39.0 Å². The van der Waals surface area contributed by atoms with Crippen LogP contribution in [0, 0.1) is 12.7 Å². The lowest BCUT2D eigenvalue weighted by molar-refractivity contribution is -0.113. The molecule has 0 atom stereocenters. The Balaban J connectivity index is 1.98. The molecule has 1 heterocycles. The second-order valence-corrected chi connectivity index (χ2v) is 5.97. The minimum Gasteiger partial charge on any atom is -0.381 e. The van der Waals surface area contributed by atoms with Gasteiger partial charge in [-0.1, -0.05) is 11.8 Å². The Morgan fingerprint density at radius 1 is 1.41 bits per heavy atom. The largest absolute Gasteiger partial charge is 0.381 e. The number of benzene rings is 1. The van der Waals surface area contributed by atoms with E-state index in [1.807, 2.05) is 13.8 Å². The highest BCUT2D eigenvalue weighted by atomic mass is 32.2. The van der Waals surface area contributed by atoms with Crippen LogP contribution in [-0.2, 0) is 4.79 Å². The second-order valence-electron chi connectivity index (χ2n) is 5.03. The molecule has 2 aromatic rings. The second kappa shape index (κ2) is 7.26. The molecule has 3 N–H and O–H groups in total. The minimum atomic E-state index is -0.355. The van der Waals surface area contributed by atoms with Crippen LogP contribution in [0.4, 0.5) is 15.8 Å². The molecular weight excluding hydrogens is 305 g/mol. The molecule has 8 heteroatoms. The molecule has 0 saturated heterocycles. The molecular formula is C14H18FN5OS. The van der Waals surface area contributed by atoms with Gasteiger partial charge in [0.05, 0.1) is 17.1 Å². The number of hydrogen-bond donors (Lipinski definition) is 3. The van der Waals surface area contributed by atoms with Gasteiger partial charge in [0.2, 0.25) is 11.1 Å². The summed E-state index contributed by atoms with van der Waals surface area (Å²) >= 11 is 1.23. The fourth-order valence-electron chi connectivity index (χ4n) is 1.76. The van der Waals surface area contributed by atoms with Crippen molar-refractivity contribution in [3.05, 3.63) is 29.8 Å². The number of aryl methyl sites for hydroxylation is 1. The predicted molar refractivity (Wildman–Crippen MR) is 85.6 cm³/mol. The summed E-state index contributed by atoms with van der Waals surface area (Å²) in [7, 11) is 0. The maximum atomic E-state index is 13.3. The summed E-state index contributed by atoms with van der Waals surface area (Å²) in [6, 6.07) is 4.34. The monoisotopic (exact) mass is 323 g/mol. The van der Waals surface area contributed by atoms with Crippen LogP contribution >= 0.6 is 11.8 Å². The predicted octanol–water partition coefficient (Wildman–Crippen LogP) is 2.80. The third-order valence-corrected chi connectivity index (χ3v) is 3.46. The molecule has 0 aliphatic heterocycles. The molecule has 0 aliphatic rings. The standard InChI is InChI=1S/C14H18FN5OS/c1-8(2)16-12-6-10(15)4-5-11(12)18-13(21)7-22-14-17-9(3)19-20-14/h4-6,8,16H,7H2,1-3H3,(H,18,21)(H,17,19,20). The Bertz CT molecular complexity index is 658. The molecule has 6 nitrogen and oxygen atoms in total. The lowest BCUT2D eigenvalue weighted by Crippen LogP contribution is -2.17. The highest BCUT2D eigenvalue weighted by Gasteiger charge is 2.11. The van der Waals surface area contributed by atoms with E-state index in [2.05, 4.69) is 25.8 Å². The van der Waals surface area contributed by atoms with Gasteiger partial charge in [0, 0.05) is 6.04 Å². The molecule has 0 saturated carbocycles. The molecule has 0 spiro atoms. The van der Waals surface area contributed by atoms with Crippen LogP contribution in [-0.4, -0.2) is 32.9 Å². The third kappa shape index (κ3) is 4.73. The highest BCUT2D eigenvalue weighted by Crippen LogP contribution is 2.24. The van der Waals surface area contributed by atoms with Crippen LogP contribution in [0.3, 0.4) is 0 Å². The molecule has 22 heavy (non-hydrogen) atoms. The van der Waals surface area contributed by atoms with E-state index in [9.17, 15) is 9.18 Å². The number of thioether (sulfide) groups is 1. The van der Waals surface area contributed by atoms with Crippen LogP contribution in [0.2, 0.25) is 0 Å². The van der Waals surface area contributed by atoms with E-state index in [1.165, 1.54) is 23.9 Å². The summed E-state index contributed by atoms with van der Waals surface area (Å²) in [6.07, 6.45) is 0. The average molecular weight is 323 g/mol. The van der Waals surface area contributed by atoms with Gasteiger partial charge in [0.15, 0.2) is 0 Å². The number of nitrogens with zero attached hydrogens (tertiary/aromatic N) is 2. The van der Waals surface area contributed by atoms with Gasteiger partial charge in [-0.15, -0.1) is 5.10 Å². The number of aromatic nitrogens is 3. The zero-order valence-electron chi connectivity index (χ0n) is 12.6. The summed E-state index contributed by atoms with van der Waals surface area (Å²) in [5.41, 5.74) is 1.11. The minimum absolute atomic E-state index is 0.128. The van der Waals surface area contributed by atoms with Crippen molar-refractivity contribution in [2.24, 2.45) is 0 Å². The summed E-state index contributed by atoms with van der Waals surface area (Å²) in [4.78, 5) is 16.1. The number of amides is 1. The van der Waals surface area contributed by atoms with Crippen molar-refractivity contribution < 1.29 is 9.18 Å². The zero-order valence-corrected chi connectivity index (χ0v) is 13.4. The number of hydrogen-bond acceptors (Lipinski definition) is 5. The number of H-pyrrole nitrogens is 1. The molecule has 1 amide bonds. The van der Waals surface area contributed by atoms with Crippen molar-refractivity contribution >= 4 is 29.0 Å². The van der Waals surface area contributed by atoms with Crippen molar-refractivity contribution in [2.45, 2.75) is 32.0 Å². The summed E-state index contributed by atoms with van der Waals surface area (Å²) in [6.45, 7) is 5.68. The van der Waals surface area contributed by atoms with E-state index in [1.54, 1.807) is 13.0 Å². The number of anilines is 2. The average Bonchev–Trinajstić information content (AvgIpc) is 2.85. The third-order valence-electron chi connectivity index (χ3n) is 2.61. The first kappa shape index (κ1) is 16.3. The Hall–Kier alpha value is -2.09. The molecule has 1 aromatic carbocycles. The Kier molecular flexibility index (Phi) is 5.37. The van der Waals surface area contributed by atoms with Gasteiger partial charge in [0.25, 0.3) is 0 Å². The maximum absolute atomic E-state index is 13.3. The first-order valence-corrected chi connectivity index (χ1v) is 7.80. The number of halogens is 1. The van der Waals surface area contributed by atoms with E-state index in [-0.39, 0.29) is 23.5 Å². The van der Waals surface area contributed by atoms with Crippen molar-refractivity contribution in [2.75, 3.05) is 16.4 Å². The number of carbonyl (C=O) groups excluding carboxylic acids is 1. The molecule has 0 bridgehead atoms. The van der Waals surface area contributed by atoms with Crippen molar-refractivity contribution in [3.8, 4) is 0 Å². The van der Waals surface area contributed by atoms with E-state index < -0.39 is 0 Å². The normalized spacial score (nSPS) is 10.8. The number of aromatic amines is 1. The van der Waals surface area contributed by atoms with Crippen LogP contribution in [0.15, 0.2) is 23.4 Å². The molecule has 2 rings (SSSR count). The lowest BCUT2D eigenvalue weighted by Gasteiger charge is -2.15. The van der Waals surface area contributed by atoms with Crippen LogP contribution in [0.1, 0.15) is 19.7 Å². The molecule has 1 aromatic heterocycles.